The molecule has 2 rings (SSSR count). The Bertz CT molecular complexity index is 810. The van der Waals surface area contributed by atoms with Gasteiger partial charge in [-0.3, -0.25) is 4.72 Å². The second-order valence-corrected chi connectivity index (χ2v) is 6.47. The van der Waals surface area contributed by atoms with Gasteiger partial charge in [-0.1, -0.05) is 11.6 Å². The molecule has 8 heteroatoms. The number of anilines is 2. The van der Waals surface area contributed by atoms with Gasteiger partial charge < -0.3 is 5.73 Å². The van der Waals surface area contributed by atoms with Crippen molar-refractivity contribution in [2.24, 2.45) is 0 Å². The largest absolute Gasteiger partial charge is 0.399 e. The molecule has 0 aromatic heterocycles. The molecular weight excluding hydrogens is 322 g/mol. The number of rotatable bonds is 3. The number of sulfonamides is 1. The van der Waals surface area contributed by atoms with Crippen molar-refractivity contribution in [2.75, 3.05) is 10.5 Å². The van der Waals surface area contributed by atoms with Gasteiger partial charge in [-0.15, -0.1) is 0 Å². The zero-order valence-electron chi connectivity index (χ0n) is 10.8. The first-order chi connectivity index (χ1) is 9.70. The number of nitrogen functional groups attached to an aromatic ring is 1. The molecule has 0 aliphatic rings. The summed E-state index contributed by atoms with van der Waals surface area (Å²) in [6.07, 6.45) is 0. The molecule has 0 heterocycles. The molecule has 112 valence electrons. The Morgan fingerprint density at radius 3 is 2.48 bits per heavy atom. The fraction of sp³-hybridized carbons (Fsp3) is 0.0769. The third kappa shape index (κ3) is 3.25. The van der Waals surface area contributed by atoms with Crippen molar-refractivity contribution in [2.45, 2.75) is 11.8 Å². The molecule has 21 heavy (non-hydrogen) atoms. The van der Waals surface area contributed by atoms with E-state index in [0.717, 1.165) is 6.07 Å². The maximum Gasteiger partial charge on any atom is 0.265 e. The van der Waals surface area contributed by atoms with E-state index in [0.29, 0.717) is 16.7 Å². The average Bonchev–Trinajstić information content (AvgIpc) is 2.37. The molecule has 2 aromatic carbocycles. The van der Waals surface area contributed by atoms with Crippen LogP contribution in [0.25, 0.3) is 0 Å². The van der Waals surface area contributed by atoms with Gasteiger partial charge in [0, 0.05) is 10.7 Å². The lowest BCUT2D eigenvalue weighted by atomic mass is 10.2. The third-order valence-corrected chi connectivity index (χ3v) is 4.34. The molecule has 0 fully saturated rings. The van der Waals surface area contributed by atoms with E-state index in [1.54, 1.807) is 6.92 Å². The Labute approximate surface area is 125 Å². The smallest absolute Gasteiger partial charge is 0.265 e. The van der Waals surface area contributed by atoms with Crippen LogP contribution >= 0.6 is 11.6 Å². The maximum absolute atomic E-state index is 13.7. The summed E-state index contributed by atoms with van der Waals surface area (Å²) in [5.41, 5.74) is 5.91. The van der Waals surface area contributed by atoms with Crippen LogP contribution in [-0.4, -0.2) is 8.42 Å². The van der Waals surface area contributed by atoms with Gasteiger partial charge >= 0.3 is 0 Å². The van der Waals surface area contributed by atoms with E-state index >= 15 is 0 Å². The summed E-state index contributed by atoms with van der Waals surface area (Å²) in [5.74, 6) is -2.81. The number of nitrogens with one attached hydrogen (secondary N) is 1. The van der Waals surface area contributed by atoms with E-state index in [-0.39, 0.29) is 11.4 Å². The van der Waals surface area contributed by atoms with E-state index in [1.165, 1.54) is 18.2 Å². The molecule has 0 amide bonds. The van der Waals surface area contributed by atoms with Crippen LogP contribution in [0.2, 0.25) is 5.02 Å². The van der Waals surface area contributed by atoms with Crippen LogP contribution in [0, 0.1) is 18.6 Å². The van der Waals surface area contributed by atoms with Gasteiger partial charge in [-0.05, 0) is 42.8 Å². The Balaban J connectivity index is 2.48. The van der Waals surface area contributed by atoms with E-state index in [4.69, 9.17) is 17.3 Å². The van der Waals surface area contributed by atoms with Crippen molar-refractivity contribution in [1.82, 2.24) is 0 Å². The number of hydrogen-bond acceptors (Lipinski definition) is 3. The van der Waals surface area contributed by atoms with Gasteiger partial charge in [-0.25, -0.2) is 17.2 Å². The van der Waals surface area contributed by atoms with Crippen LogP contribution in [0.1, 0.15) is 5.56 Å². The van der Waals surface area contributed by atoms with Crippen LogP contribution in [-0.2, 0) is 10.0 Å². The summed E-state index contributed by atoms with van der Waals surface area (Å²) in [6.45, 7) is 1.63. The highest BCUT2D eigenvalue weighted by Gasteiger charge is 2.23. The van der Waals surface area contributed by atoms with Gasteiger partial charge in [0.25, 0.3) is 10.0 Å². The summed E-state index contributed by atoms with van der Waals surface area (Å²) >= 11 is 5.77. The second-order valence-electron chi connectivity index (χ2n) is 4.38. The minimum atomic E-state index is -4.31. The summed E-state index contributed by atoms with van der Waals surface area (Å²) in [6, 6.07) is 6.00. The van der Waals surface area contributed by atoms with Crippen LogP contribution in [0.4, 0.5) is 20.2 Å². The highest BCUT2D eigenvalue weighted by molar-refractivity contribution is 7.92. The Kier molecular flexibility index (Phi) is 4.06. The predicted molar refractivity (Wildman–Crippen MR) is 77.8 cm³/mol. The second kappa shape index (κ2) is 5.50. The molecule has 0 radical (unpaired) electrons. The topological polar surface area (TPSA) is 72.2 Å². The van der Waals surface area contributed by atoms with Crippen molar-refractivity contribution >= 4 is 33.0 Å². The fourth-order valence-corrected chi connectivity index (χ4v) is 3.20. The minimum Gasteiger partial charge on any atom is -0.399 e. The van der Waals surface area contributed by atoms with Crippen molar-refractivity contribution in [3.8, 4) is 0 Å². The van der Waals surface area contributed by atoms with Crippen molar-refractivity contribution in [1.29, 1.82) is 0 Å². The van der Waals surface area contributed by atoms with Gasteiger partial charge in [0.15, 0.2) is 11.6 Å². The van der Waals surface area contributed by atoms with Crippen molar-refractivity contribution < 1.29 is 17.2 Å². The Morgan fingerprint density at radius 2 is 1.86 bits per heavy atom. The standard InChI is InChI=1S/C13H11ClF2N2O2S/c1-7-4-8(14)2-3-11(7)18-21(19,20)12-6-9(17)5-10(15)13(12)16/h2-6,18H,17H2,1H3. The Hall–Kier alpha value is -1.86. The molecule has 0 spiro atoms. The molecule has 0 unspecified atom stereocenters. The van der Waals surface area contributed by atoms with Crippen LogP contribution in [0.15, 0.2) is 35.2 Å². The number of benzene rings is 2. The molecule has 2 aromatic rings. The summed E-state index contributed by atoms with van der Waals surface area (Å²) in [4.78, 5) is -0.852. The van der Waals surface area contributed by atoms with Crippen LogP contribution < -0.4 is 10.5 Å². The Morgan fingerprint density at radius 1 is 1.19 bits per heavy atom. The molecule has 3 N–H and O–H groups in total. The molecule has 4 nitrogen and oxygen atoms in total. The SMILES string of the molecule is Cc1cc(Cl)ccc1NS(=O)(=O)c1cc(N)cc(F)c1F. The molecule has 0 aliphatic heterocycles. The summed E-state index contributed by atoms with van der Waals surface area (Å²) in [5, 5.41) is 0.427. The first-order valence-electron chi connectivity index (χ1n) is 5.74. The summed E-state index contributed by atoms with van der Waals surface area (Å²) in [7, 11) is -4.31. The predicted octanol–water partition coefficient (Wildman–Crippen LogP) is 3.31. The van der Waals surface area contributed by atoms with Crippen LogP contribution in [0.5, 0.6) is 0 Å². The monoisotopic (exact) mass is 332 g/mol. The van der Waals surface area contributed by atoms with Crippen LogP contribution in [0.3, 0.4) is 0 Å². The van der Waals surface area contributed by atoms with E-state index in [2.05, 4.69) is 4.72 Å². The van der Waals surface area contributed by atoms with Crippen molar-refractivity contribution in [3.63, 3.8) is 0 Å². The molecule has 0 atom stereocenters. The first-order valence-corrected chi connectivity index (χ1v) is 7.60. The molecule has 0 aliphatic carbocycles. The lowest BCUT2D eigenvalue weighted by molar-refractivity contribution is 0.486. The lowest BCUT2D eigenvalue weighted by Crippen LogP contribution is -2.16. The zero-order chi connectivity index (χ0) is 15.8. The molecule has 0 bridgehead atoms. The highest BCUT2D eigenvalue weighted by Crippen LogP contribution is 2.26. The van der Waals surface area contributed by atoms with E-state index < -0.39 is 26.6 Å². The van der Waals surface area contributed by atoms with E-state index in [9.17, 15) is 17.2 Å². The molecule has 0 saturated carbocycles. The normalized spacial score (nSPS) is 11.4. The number of hydrogen-bond donors (Lipinski definition) is 2. The first kappa shape index (κ1) is 15.5. The van der Waals surface area contributed by atoms with Gasteiger partial charge in [0.05, 0.1) is 5.69 Å². The van der Waals surface area contributed by atoms with Gasteiger partial charge in [0.1, 0.15) is 4.90 Å². The average molecular weight is 333 g/mol. The molecular formula is C13H11ClF2N2O2S. The molecule has 0 saturated heterocycles. The number of aryl methyl sites for hydroxylation is 1. The van der Waals surface area contributed by atoms with Gasteiger partial charge in [0.2, 0.25) is 0 Å². The quantitative estimate of drug-likeness (QED) is 0.847. The highest BCUT2D eigenvalue weighted by atomic mass is 35.5. The third-order valence-electron chi connectivity index (χ3n) is 2.74. The minimum absolute atomic E-state index is 0.192. The maximum atomic E-state index is 13.7. The van der Waals surface area contributed by atoms with E-state index in [1.807, 2.05) is 0 Å². The van der Waals surface area contributed by atoms with Gasteiger partial charge in [-0.2, -0.15) is 0 Å². The summed E-state index contributed by atoms with van der Waals surface area (Å²) < 4.78 is 53.4. The van der Waals surface area contributed by atoms with Crippen molar-refractivity contribution in [3.05, 3.63) is 52.6 Å². The fourth-order valence-electron chi connectivity index (χ4n) is 1.72. The number of halogens is 3. The number of nitrogens with two attached hydrogens (primary N) is 1. The lowest BCUT2D eigenvalue weighted by Gasteiger charge is -2.12. The zero-order valence-corrected chi connectivity index (χ0v) is 12.4.